The molecule has 0 spiro atoms. The Kier molecular flexibility index (Phi) is 8.55. The highest BCUT2D eigenvalue weighted by molar-refractivity contribution is 8.00. The molecule has 0 aromatic heterocycles. The highest BCUT2D eigenvalue weighted by atomic mass is 32.2. The van der Waals surface area contributed by atoms with Gasteiger partial charge in [-0.05, 0) is 45.7 Å². The maximum Gasteiger partial charge on any atom is 0.232 e. The van der Waals surface area contributed by atoms with E-state index in [1.807, 2.05) is 11.8 Å². The Morgan fingerprint density at radius 3 is 2.63 bits per heavy atom. The van der Waals surface area contributed by atoms with Crippen molar-refractivity contribution in [1.82, 2.24) is 10.2 Å². The molecule has 1 atom stereocenters. The molecule has 1 heterocycles. The van der Waals surface area contributed by atoms with Crippen molar-refractivity contribution in [3.63, 3.8) is 0 Å². The third kappa shape index (κ3) is 6.17. The van der Waals surface area contributed by atoms with Crippen molar-refractivity contribution in [2.75, 3.05) is 25.4 Å². The minimum absolute atomic E-state index is 0.339. The summed E-state index contributed by atoms with van der Waals surface area (Å²) in [6.45, 7) is 9.66. The van der Waals surface area contributed by atoms with E-state index < -0.39 is 0 Å². The number of unbranched alkanes of at least 4 members (excludes halogenated alkanes) is 1. The van der Waals surface area contributed by atoms with Gasteiger partial charge in [-0.15, -0.1) is 11.8 Å². The summed E-state index contributed by atoms with van der Waals surface area (Å²) >= 11 is 1.86. The van der Waals surface area contributed by atoms with Crippen LogP contribution in [0.3, 0.4) is 0 Å². The molecule has 1 fully saturated rings. The number of nitrogens with zero attached hydrogens (tertiary/aromatic N) is 1. The van der Waals surface area contributed by atoms with Gasteiger partial charge in [0.15, 0.2) is 0 Å². The van der Waals surface area contributed by atoms with Crippen LogP contribution in [0.1, 0.15) is 52.9 Å². The second-order valence-electron chi connectivity index (χ2n) is 5.46. The molecule has 1 rings (SSSR count). The Balaban J connectivity index is 2.37. The van der Waals surface area contributed by atoms with Gasteiger partial charge in [0.2, 0.25) is 5.91 Å². The first kappa shape index (κ1) is 16.8. The van der Waals surface area contributed by atoms with E-state index in [1.165, 1.54) is 12.8 Å². The topological polar surface area (TPSA) is 32.3 Å². The number of amides is 1. The van der Waals surface area contributed by atoms with Gasteiger partial charge in [-0.3, -0.25) is 4.79 Å². The van der Waals surface area contributed by atoms with E-state index in [4.69, 9.17) is 0 Å². The van der Waals surface area contributed by atoms with E-state index in [9.17, 15) is 4.79 Å². The van der Waals surface area contributed by atoms with Crippen LogP contribution in [0.4, 0.5) is 0 Å². The van der Waals surface area contributed by atoms with E-state index in [1.54, 1.807) is 0 Å². The summed E-state index contributed by atoms with van der Waals surface area (Å²) in [5.41, 5.74) is 0. The lowest BCUT2D eigenvalue weighted by Gasteiger charge is -2.29. The molecule has 0 saturated carbocycles. The van der Waals surface area contributed by atoms with Crippen LogP contribution in [0.5, 0.6) is 0 Å². The fraction of sp³-hybridized carbons (Fsp3) is 0.933. The molecule has 4 heteroatoms. The molecular weight excluding hydrogens is 256 g/mol. The summed E-state index contributed by atoms with van der Waals surface area (Å²) in [5.74, 6) is 1.00. The number of carbonyl (C=O) groups is 1. The molecule has 0 aliphatic carbocycles. The fourth-order valence-corrected chi connectivity index (χ4v) is 3.49. The molecule has 112 valence electrons. The van der Waals surface area contributed by atoms with Crippen LogP contribution in [-0.4, -0.2) is 47.5 Å². The number of carbonyl (C=O) groups excluding carboxylic acids is 1. The molecule has 1 unspecified atom stereocenters. The maximum absolute atomic E-state index is 12.4. The largest absolute Gasteiger partial charge is 0.339 e. The van der Waals surface area contributed by atoms with Gasteiger partial charge in [0.05, 0.1) is 5.75 Å². The first-order chi connectivity index (χ1) is 9.19. The van der Waals surface area contributed by atoms with Gasteiger partial charge in [0, 0.05) is 17.8 Å². The molecule has 1 N–H and O–H groups in total. The Hall–Kier alpha value is -0.220. The highest BCUT2D eigenvalue weighted by Crippen LogP contribution is 2.21. The molecule has 3 nitrogen and oxygen atoms in total. The number of nitrogens with one attached hydrogen (secondary N) is 1. The standard InChI is InChI=1S/C15H30N2OS/c1-4-6-11-17(13(3)5-2)15(18)12-19-14-7-9-16-10-8-14/h13-14,16H,4-12H2,1-3H3. The predicted octanol–water partition coefficient (Wildman–Crippen LogP) is 2.90. The molecule has 0 aromatic carbocycles. The minimum Gasteiger partial charge on any atom is -0.339 e. The Labute approximate surface area is 122 Å². The van der Waals surface area contributed by atoms with Crippen molar-refractivity contribution in [2.45, 2.75) is 64.2 Å². The number of hydrogen-bond donors (Lipinski definition) is 1. The van der Waals surface area contributed by atoms with Gasteiger partial charge in [-0.1, -0.05) is 20.3 Å². The number of piperidine rings is 1. The third-order valence-corrected chi connectivity index (χ3v) is 5.28. The van der Waals surface area contributed by atoms with Crippen molar-refractivity contribution < 1.29 is 4.79 Å². The molecule has 0 bridgehead atoms. The van der Waals surface area contributed by atoms with E-state index in [0.29, 0.717) is 23.0 Å². The first-order valence-corrected chi connectivity index (χ1v) is 8.85. The van der Waals surface area contributed by atoms with Gasteiger partial charge < -0.3 is 10.2 Å². The van der Waals surface area contributed by atoms with Crippen molar-refractivity contribution in [1.29, 1.82) is 0 Å². The van der Waals surface area contributed by atoms with Crippen LogP contribution in [-0.2, 0) is 4.79 Å². The summed E-state index contributed by atoms with van der Waals surface area (Å²) in [6, 6.07) is 0.382. The van der Waals surface area contributed by atoms with Crippen molar-refractivity contribution >= 4 is 17.7 Å². The predicted molar refractivity (Wildman–Crippen MR) is 84.7 cm³/mol. The van der Waals surface area contributed by atoms with Crippen molar-refractivity contribution in [3.05, 3.63) is 0 Å². The Morgan fingerprint density at radius 2 is 2.05 bits per heavy atom. The zero-order valence-corrected chi connectivity index (χ0v) is 13.6. The van der Waals surface area contributed by atoms with E-state index >= 15 is 0 Å². The molecule has 1 saturated heterocycles. The Morgan fingerprint density at radius 1 is 1.37 bits per heavy atom. The summed E-state index contributed by atoms with van der Waals surface area (Å²) in [7, 11) is 0. The first-order valence-electron chi connectivity index (χ1n) is 7.80. The van der Waals surface area contributed by atoms with E-state index in [-0.39, 0.29) is 0 Å². The van der Waals surface area contributed by atoms with Crippen molar-refractivity contribution in [2.24, 2.45) is 0 Å². The van der Waals surface area contributed by atoms with Crippen LogP contribution < -0.4 is 5.32 Å². The second-order valence-corrected chi connectivity index (χ2v) is 6.75. The summed E-state index contributed by atoms with van der Waals surface area (Å²) in [4.78, 5) is 14.5. The summed E-state index contributed by atoms with van der Waals surface area (Å²) < 4.78 is 0. The average molecular weight is 286 g/mol. The third-order valence-electron chi connectivity index (χ3n) is 3.92. The second kappa shape index (κ2) is 9.65. The molecule has 0 radical (unpaired) electrons. The van der Waals surface area contributed by atoms with Gasteiger partial charge in [0.25, 0.3) is 0 Å². The zero-order chi connectivity index (χ0) is 14.1. The van der Waals surface area contributed by atoms with Gasteiger partial charge in [-0.2, -0.15) is 0 Å². The quantitative estimate of drug-likeness (QED) is 0.744. The SMILES string of the molecule is CCCCN(C(=O)CSC1CCNCC1)C(C)CC. The number of hydrogen-bond acceptors (Lipinski definition) is 3. The summed E-state index contributed by atoms with van der Waals surface area (Å²) in [5, 5.41) is 4.05. The van der Waals surface area contributed by atoms with Crippen LogP contribution in [0.2, 0.25) is 0 Å². The molecule has 19 heavy (non-hydrogen) atoms. The molecule has 0 aromatic rings. The lowest BCUT2D eigenvalue weighted by Crippen LogP contribution is -2.40. The number of rotatable bonds is 8. The van der Waals surface area contributed by atoms with Crippen LogP contribution in [0, 0.1) is 0 Å². The molecule has 1 amide bonds. The lowest BCUT2D eigenvalue weighted by atomic mass is 10.2. The molecule has 1 aliphatic heterocycles. The highest BCUT2D eigenvalue weighted by Gasteiger charge is 2.20. The minimum atomic E-state index is 0.339. The summed E-state index contributed by atoms with van der Waals surface area (Å²) in [6.07, 6.45) is 5.73. The van der Waals surface area contributed by atoms with Crippen LogP contribution >= 0.6 is 11.8 Å². The molecular formula is C15H30N2OS. The van der Waals surface area contributed by atoms with Gasteiger partial charge in [0.1, 0.15) is 0 Å². The monoisotopic (exact) mass is 286 g/mol. The Bertz CT molecular complexity index is 255. The average Bonchev–Trinajstić information content (AvgIpc) is 2.46. The smallest absolute Gasteiger partial charge is 0.232 e. The lowest BCUT2D eigenvalue weighted by molar-refractivity contribution is -0.130. The van der Waals surface area contributed by atoms with Gasteiger partial charge >= 0.3 is 0 Å². The van der Waals surface area contributed by atoms with E-state index in [0.717, 1.165) is 38.9 Å². The fourth-order valence-electron chi connectivity index (χ4n) is 2.37. The normalized spacial score (nSPS) is 18.3. The van der Waals surface area contributed by atoms with Crippen molar-refractivity contribution in [3.8, 4) is 0 Å². The zero-order valence-electron chi connectivity index (χ0n) is 12.8. The maximum atomic E-state index is 12.4. The van der Waals surface area contributed by atoms with Crippen LogP contribution in [0.15, 0.2) is 0 Å². The molecule has 1 aliphatic rings. The van der Waals surface area contributed by atoms with Crippen LogP contribution in [0.25, 0.3) is 0 Å². The number of thioether (sulfide) groups is 1. The van der Waals surface area contributed by atoms with E-state index in [2.05, 4.69) is 31.0 Å². The van der Waals surface area contributed by atoms with Gasteiger partial charge in [-0.25, -0.2) is 0 Å².